The molecule has 0 bridgehead atoms. The lowest BCUT2D eigenvalue weighted by Crippen LogP contribution is -2.06. The molecule has 0 saturated carbocycles. The van der Waals surface area contributed by atoms with E-state index < -0.39 is 17.4 Å². The highest BCUT2D eigenvalue weighted by Crippen LogP contribution is 2.29. The summed E-state index contributed by atoms with van der Waals surface area (Å²) in [4.78, 5) is 11.3. The van der Waals surface area contributed by atoms with Crippen molar-refractivity contribution in [3.8, 4) is 5.75 Å². The van der Waals surface area contributed by atoms with Gasteiger partial charge in [-0.3, -0.25) is 0 Å². The highest BCUT2D eigenvalue weighted by molar-refractivity contribution is 5.27. The van der Waals surface area contributed by atoms with Crippen molar-refractivity contribution < 1.29 is 22.3 Å². The standard InChI is InChI=1S/C15H13F3O3/c1-20-13-8-12(21-14(19)9-13)6-5-10-3-2-4-11(7-10)15(16,17)18/h2-4,7-9H,5-6H2,1H3. The Hall–Kier alpha value is -2.24. The molecule has 112 valence electrons. The molecule has 21 heavy (non-hydrogen) atoms. The van der Waals surface area contributed by atoms with E-state index in [4.69, 9.17) is 9.15 Å². The minimum Gasteiger partial charge on any atom is -0.496 e. The van der Waals surface area contributed by atoms with E-state index in [0.717, 1.165) is 12.1 Å². The summed E-state index contributed by atoms with van der Waals surface area (Å²) in [5.74, 6) is 0.738. The molecule has 0 aliphatic heterocycles. The van der Waals surface area contributed by atoms with Gasteiger partial charge in [-0.25, -0.2) is 4.79 Å². The van der Waals surface area contributed by atoms with E-state index in [-0.39, 0.29) is 0 Å². The smallest absolute Gasteiger partial charge is 0.416 e. The molecule has 6 heteroatoms. The fourth-order valence-corrected chi connectivity index (χ4v) is 1.92. The van der Waals surface area contributed by atoms with Crippen molar-refractivity contribution in [2.24, 2.45) is 0 Å². The molecule has 0 N–H and O–H groups in total. The first-order valence-electron chi connectivity index (χ1n) is 6.22. The quantitative estimate of drug-likeness (QED) is 0.868. The molecule has 3 nitrogen and oxygen atoms in total. The second-order valence-corrected chi connectivity index (χ2v) is 4.48. The van der Waals surface area contributed by atoms with Gasteiger partial charge in [0, 0.05) is 12.5 Å². The number of ether oxygens (including phenoxy) is 1. The second kappa shape index (κ2) is 6.03. The minimum atomic E-state index is -4.36. The highest BCUT2D eigenvalue weighted by atomic mass is 19.4. The summed E-state index contributed by atoms with van der Waals surface area (Å²) in [5.41, 5.74) is -0.712. The molecule has 0 fully saturated rings. The van der Waals surface area contributed by atoms with Crippen LogP contribution >= 0.6 is 0 Å². The third-order valence-corrected chi connectivity index (χ3v) is 2.95. The molecule has 0 aliphatic rings. The van der Waals surface area contributed by atoms with Crippen molar-refractivity contribution in [3.05, 3.63) is 63.7 Å². The summed E-state index contributed by atoms with van der Waals surface area (Å²) in [7, 11) is 1.42. The maximum Gasteiger partial charge on any atom is 0.416 e. The van der Waals surface area contributed by atoms with Gasteiger partial charge in [0.1, 0.15) is 11.5 Å². The minimum absolute atomic E-state index is 0.313. The summed E-state index contributed by atoms with van der Waals surface area (Å²) in [6.07, 6.45) is -3.72. The summed E-state index contributed by atoms with van der Waals surface area (Å²) >= 11 is 0. The molecule has 0 saturated heterocycles. The molecule has 0 atom stereocenters. The summed E-state index contributed by atoms with van der Waals surface area (Å²) in [6, 6.07) is 7.84. The first-order valence-corrected chi connectivity index (χ1v) is 6.22. The SMILES string of the molecule is COc1cc(CCc2cccc(C(F)(F)F)c2)oc(=O)c1. The van der Waals surface area contributed by atoms with Gasteiger partial charge in [0.25, 0.3) is 0 Å². The van der Waals surface area contributed by atoms with Crippen LogP contribution in [0.15, 0.2) is 45.6 Å². The number of halogens is 3. The van der Waals surface area contributed by atoms with Crippen LogP contribution < -0.4 is 10.4 Å². The normalized spacial score (nSPS) is 11.4. The molecule has 1 aromatic heterocycles. The second-order valence-electron chi connectivity index (χ2n) is 4.48. The van der Waals surface area contributed by atoms with Crippen molar-refractivity contribution in [2.75, 3.05) is 7.11 Å². The zero-order valence-corrected chi connectivity index (χ0v) is 11.2. The average molecular weight is 298 g/mol. The molecule has 0 spiro atoms. The van der Waals surface area contributed by atoms with Gasteiger partial charge in [-0.1, -0.05) is 18.2 Å². The number of rotatable bonds is 4. The Balaban J connectivity index is 2.13. The monoisotopic (exact) mass is 298 g/mol. The molecule has 0 radical (unpaired) electrons. The predicted octanol–water partition coefficient (Wildman–Crippen LogP) is 3.45. The average Bonchev–Trinajstić information content (AvgIpc) is 2.44. The van der Waals surface area contributed by atoms with E-state index in [1.165, 1.54) is 19.2 Å². The van der Waals surface area contributed by atoms with Gasteiger partial charge < -0.3 is 9.15 Å². The van der Waals surface area contributed by atoms with Crippen molar-refractivity contribution >= 4 is 0 Å². The molecule has 2 aromatic rings. The fourth-order valence-electron chi connectivity index (χ4n) is 1.92. The number of benzene rings is 1. The van der Waals surface area contributed by atoms with Gasteiger partial charge >= 0.3 is 11.8 Å². The first kappa shape index (κ1) is 15.2. The maximum absolute atomic E-state index is 12.6. The fraction of sp³-hybridized carbons (Fsp3) is 0.267. The predicted molar refractivity (Wildman–Crippen MR) is 70.4 cm³/mol. The lowest BCUT2D eigenvalue weighted by atomic mass is 10.1. The van der Waals surface area contributed by atoms with Gasteiger partial charge in [0.15, 0.2) is 0 Å². The number of hydrogen-bond acceptors (Lipinski definition) is 3. The number of aryl methyl sites for hydroxylation is 2. The lowest BCUT2D eigenvalue weighted by Gasteiger charge is -2.08. The Morgan fingerprint density at radius 3 is 2.57 bits per heavy atom. The zero-order valence-electron chi connectivity index (χ0n) is 11.2. The molecular weight excluding hydrogens is 285 g/mol. The Bertz CT molecular complexity index is 674. The van der Waals surface area contributed by atoms with Crippen molar-refractivity contribution in [1.29, 1.82) is 0 Å². The van der Waals surface area contributed by atoms with E-state index in [9.17, 15) is 18.0 Å². The Kier molecular flexibility index (Phi) is 4.35. The first-order chi connectivity index (χ1) is 9.88. The molecule has 1 aromatic carbocycles. The molecule has 0 unspecified atom stereocenters. The summed E-state index contributed by atoms with van der Waals surface area (Å²) in [6.45, 7) is 0. The third kappa shape index (κ3) is 4.11. The zero-order chi connectivity index (χ0) is 15.5. The van der Waals surface area contributed by atoms with Crippen LogP contribution in [0.1, 0.15) is 16.9 Å². The molecule has 0 amide bonds. The molecule has 0 aliphatic carbocycles. The van der Waals surface area contributed by atoms with Gasteiger partial charge in [-0.05, 0) is 18.1 Å². The van der Waals surface area contributed by atoms with Crippen molar-refractivity contribution in [3.63, 3.8) is 0 Å². The van der Waals surface area contributed by atoms with Crippen LogP contribution in [-0.2, 0) is 19.0 Å². The van der Waals surface area contributed by atoms with Crippen LogP contribution in [0.2, 0.25) is 0 Å². The van der Waals surface area contributed by atoms with Crippen molar-refractivity contribution in [2.45, 2.75) is 19.0 Å². The third-order valence-electron chi connectivity index (χ3n) is 2.95. The van der Waals surface area contributed by atoms with Crippen LogP contribution in [-0.4, -0.2) is 7.11 Å². The van der Waals surface area contributed by atoms with Gasteiger partial charge in [0.2, 0.25) is 0 Å². The number of methoxy groups -OCH3 is 1. The Morgan fingerprint density at radius 1 is 1.14 bits per heavy atom. The highest BCUT2D eigenvalue weighted by Gasteiger charge is 2.30. The van der Waals surface area contributed by atoms with Crippen LogP contribution in [0.4, 0.5) is 13.2 Å². The van der Waals surface area contributed by atoms with Crippen LogP contribution in [0.25, 0.3) is 0 Å². The van der Waals surface area contributed by atoms with E-state index >= 15 is 0 Å². The van der Waals surface area contributed by atoms with E-state index in [2.05, 4.69) is 0 Å². The van der Waals surface area contributed by atoms with E-state index in [1.807, 2.05) is 0 Å². The van der Waals surface area contributed by atoms with Gasteiger partial charge in [-0.2, -0.15) is 13.2 Å². The molecule has 1 heterocycles. The molecule has 2 rings (SSSR count). The number of hydrogen-bond donors (Lipinski definition) is 0. The van der Waals surface area contributed by atoms with Gasteiger partial charge in [0.05, 0.1) is 18.7 Å². The number of alkyl halides is 3. The summed E-state index contributed by atoms with van der Waals surface area (Å²) < 4.78 is 47.7. The summed E-state index contributed by atoms with van der Waals surface area (Å²) in [5, 5.41) is 0. The maximum atomic E-state index is 12.6. The topological polar surface area (TPSA) is 39.4 Å². The van der Waals surface area contributed by atoms with Crippen LogP contribution in [0.3, 0.4) is 0 Å². The van der Waals surface area contributed by atoms with E-state index in [0.29, 0.717) is 29.9 Å². The lowest BCUT2D eigenvalue weighted by molar-refractivity contribution is -0.137. The van der Waals surface area contributed by atoms with E-state index in [1.54, 1.807) is 12.1 Å². The molecular formula is C15H13F3O3. The Morgan fingerprint density at radius 2 is 1.90 bits per heavy atom. The Labute approximate surface area is 119 Å². The van der Waals surface area contributed by atoms with Crippen molar-refractivity contribution in [1.82, 2.24) is 0 Å². The largest absolute Gasteiger partial charge is 0.496 e. The van der Waals surface area contributed by atoms with Gasteiger partial charge in [-0.15, -0.1) is 0 Å². The van der Waals surface area contributed by atoms with Crippen LogP contribution in [0.5, 0.6) is 5.75 Å². The van der Waals surface area contributed by atoms with Crippen LogP contribution in [0, 0.1) is 0 Å².